The number of benzene rings is 1. The first kappa shape index (κ1) is 16.6. The third-order valence-electron chi connectivity index (χ3n) is 4.81. The number of hydrogen-bond acceptors (Lipinski definition) is 4. The summed E-state index contributed by atoms with van der Waals surface area (Å²) in [5, 5.41) is 9.27. The molecule has 130 valence electrons. The molecule has 0 radical (unpaired) electrons. The molecule has 1 heterocycles. The summed E-state index contributed by atoms with van der Waals surface area (Å²) in [7, 11) is 1.57. The number of hydrogen-bond donors (Lipinski definition) is 1. The number of carbonyl (C=O) groups excluding carboxylic acids is 1. The van der Waals surface area contributed by atoms with Crippen LogP contribution in [-0.2, 0) is 4.79 Å². The van der Waals surface area contributed by atoms with Gasteiger partial charge in [-0.2, -0.15) is 0 Å². The van der Waals surface area contributed by atoms with E-state index < -0.39 is 12.0 Å². The van der Waals surface area contributed by atoms with Crippen molar-refractivity contribution in [2.24, 2.45) is 0 Å². The minimum absolute atomic E-state index is 0.155. The summed E-state index contributed by atoms with van der Waals surface area (Å²) in [6, 6.07) is 4.32. The Bertz CT molecular complexity index is 624. The molecule has 1 N–H and O–H groups in total. The minimum atomic E-state index is -0.947. The second kappa shape index (κ2) is 7.11. The molecule has 2 fully saturated rings. The zero-order valence-corrected chi connectivity index (χ0v) is 13.9. The first-order valence-corrected chi connectivity index (χ1v) is 8.48. The molecule has 2 aliphatic rings. The molecule has 6 heteroatoms. The number of likely N-dealkylation sites (tertiary alicyclic amines) is 1. The van der Waals surface area contributed by atoms with E-state index in [1.807, 2.05) is 0 Å². The van der Waals surface area contributed by atoms with Gasteiger partial charge >= 0.3 is 5.97 Å². The highest BCUT2D eigenvalue weighted by molar-refractivity contribution is 5.97. The fourth-order valence-corrected chi connectivity index (χ4v) is 3.52. The number of rotatable bonds is 5. The fourth-order valence-electron chi connectivity index (χ4n) is 3.52. The smallest absolute Gasteiger partial charge is 0.326 e. The number of aliphatic carboxylic acids is 1. The van der Waals surface area contributed by atoms with Gasteiger partial charge in [-0.05, 0) is 56.7 Å². The monoisotopic (exact) mass is 333 g/mol. The molecule has 1 aliphatic heterocycles. The summed E-state index contributed by atoms with van der Waals surface area (Å²) in [6.07, 6.45) is 5.69. The van der Waals surface area contributed by atoms with Crippen molar-refractivity contribution in [3.8, 4) is 11.5 Å². The summed E-state index contributed by atoms with van der Waals surface area (Å²) >= 11 is 0. The van der Waals surface area contributed by atoms with Gasteiger partial charge in [0.2, 0.25) is 0 Å². The summed E-state index contributed by atoms with van der Waals surface area (Å²) < 4.78 is 11.3. The Morgan fingerprint density at radius 1 is 1.12 bits per heavy atom. The van der Waals surface area contributed by atoms with Crippen LogP contribution in [0.25, 0.3) is 0 Å². The number of carboxylic acids is 1. The van der Waals surface area contributed by atoms with E-state index in [1.54, 1.807) is 25.3 Å². The molecule has 1 atom stereocenters. The van der Waals surface area contributed by atoms with Crippen LogP contribution in [0.2, 0.25) is 0 Å². The van der Waals surface area contributed by atoms with Crippen molar-refractivity contribution < 1.29 is 24.2 Å². The Morgan fingerprint density at radius 3 is 2.54 bits per heavy atom. The van der Waals surface area contributed by atoms with Crippen molar-refractivity contribution in [3.05, 3.63) is 23.8 Å². The van der Waals surface area contributed by atoms with Gasteiger partial charge in [0.15, 0.2) is 11.5 Å². The molecule has 6 nitrogen and oxygen atoms in total. The molecule has 0 spiro atoms. The van der Waals surface area contributed by atoms with E-state index in [-0.39, 0.29) is 12.0 Å². The predicted octanol–water partition coefficient (Wildman–Crippen LogP) is 2.71. The Labute approximate surface area is 141 Å². The van der Waals surface area contributed by atoms with Crippen molar-refractivity contribution in [1.82, 2.24) is 4.90 Å². The standard InChI is InChI=1S/C18H23NO5/c1-23-15-9-8-12(11-16(15)24-13-5-2-3-6-13)17(20)19-10-4-7-14(19)18(21)22/h8-9,11,13-14H,2-7,10H2,1H3,(H,21,22). The summed E-state index contributed by atoms with van der Waals surface area (Å²) in [5.74, 6) is -0.0633. The molecule has 1 aromatic rings. The predicted molar refractivity (Wildman–Crippen MR) is 87.6 cm³/mol. The maximum Gasteiger partial charge on any atom is 0.326 e. The Morgan fingerprint density at radius 2 is 1.88 bits per heavy atom. The summed E-state index contributed by atoms with van der Waals surface area (Å²) in [4.78, 5) is 25.5. The Kier molecular flexibility index (Phi) is 4.92. The van der Waals surface area contributed by atoms with Gasteiger partial charge in [0, 0.05) is 12.1 Å². The van der Waals surface area contributed by atoms with Crippen molar-refractivity contribution in [2.45, 2.75) is 50.7 Å². The average molecular weight is 333 g/mol. The van der Waals surface area contributed by atoms with E-state index in [9.17, 15) is 14.7 Å². The number of carbonyl (C=O) groups is 2. The van der Waals surface area contributed by atoms with E-state index in [2.05, 4.69) is 0 Å². The number of carboxylic acid groups (broad SMARTS) is 1. The molecule has 3 rings (SSSR count). The molecule has 0 bridgehead atoms. The van der Waals surface area contributed by atoms with Gasteiger partial charge in [-0.3, -0.25) is 4.79 Å². The van der Waals surface area contributed by atoms with Crippen molar-refractivity contribution >= 4 is 11.9 Å². The molecule has 1 saturated carbocycles. The van der Waals surface area contributed by atoms with Gasteiger partial charge in [0.05, 0.1) is 13.2 Å². The van der Waals surface area contributed by atoms with Crippen LogP contribution < -0.4 is 9.47 Å². The molecule has 24 heavy (non-hydrogen) atoms. The lowest BCUT2D eigenvalue weighted by molar-refractivity contribution is -0.141. The Hall–Kier alpha value is -2.24. The van der Waals surface area contributed by atoms with Crippen LogP contribution in [0.1, 0.15) is 48.9 Å². The van der Waals surface area contributed by atoms with E-state index in [1.165, 1.54) is 4.90 Å². The molecular formula is C18H23NO5. The maximum absolute atomic E-state index is 12.7. The highest BCUT2D eigenvalue weighted by Crippen LogP contribution is 2.33. The quantitative estimate of drug-likeness (QED) is 0.896. The number of methoxy groups -OCH3 is 1. The fraction of sp³-hybridized carbons (Fsp3) is 0.556. The topological polar surface area (TPSA) is 76.1 Å². The van der Waals surface area contributed by atoms with Crippen LogP contribution in [0, 0.1) is 0 Å². The number of amides is 1. The SMILES string of the molecule is COc1ccc(C(=O)N2CCCC2C(=O)O)cc1OC1CCCC1. The number of ether oxygens (including phenoxy) is 2. The second-order valence-electron chi connectivity index (χ2n) is 6.38. The minimum Gasteiger partial charge on any atom is -0.493 e. The van der Waals surface area contributed by atoms with Gasteiger partial charge in [-0.25, -0.2) is 4.79 Å². The largest absolute Gasteiger partial charge is 0.493 e. The lowest BCUT2D eigenvalue weighted by atomic mass is 10.1. The van der Waals surface area contributed by atoms with Gasteiger partial charge in [0.25, 0.3) is 5.91 Å². The number of nitrogens with zero attached hydrogens (tertiary/aromatic N) is 1. The normalized spacial score (nSPS) is 21.0. The van der Waals surface area contributed by atoms with Crippen molar-refractivity contribution in [2.75, 3.05) is 13.7 Å². The third-order valence-corrected chi connectivity index (χ3v) is 4.81. The van der Waals surface area contributed by atoms with Crippen LogP contribution in [0.15, 0.2) is 18.2 Å². The molecule has 1 aliphatic carbocycles. The Balaban J connectivity index is 1.82. The molecule has 1 saturated heterocycles. The molecule has 1 amide bonds. The highest BCUT2D eigenvalue weighted by atomic mass is 16.5. The molecule has 1 unspecified atom stereocenters. The molecular weight excluding hydrogens is 310 g/mol. The first-order chi connectivity index (χ1) is 11.6. The van der Waals surface area contributed by atoms with Crippen LogP contribution in [0.3, 0.4) is 0 Å². The average Bonchev–Trinajstić information content (AvgIpc) is 3.25. The van der Waals surface area contributed by atoms with Crippen LogP contribution >= 0.6 is 0 Å². The van der Waals surface area contributed by atoms with Crippen molar-refractivity contribution in [3.63, 3.8) is 0 Å². The van der Waals surface area contributed by atoms with Gasteiger partial charge in [-0.1, -0.05) is 0 Å². The summed E-state index contributed by atoms with van der Waals surface area (Å²) in [6.45, 7) is 0.473. The zero-order chi connectivity index (χ0) is 17.1. The van der Waals surface area contributed by atoms with Crippen LogP contribution in [-0.4, -0.2) is 47.7 Å². The van der Waals surface area contributed by atoms with E-state index in [4.69, 9.17) is 9.47 Å². The molecule has 1 aromatic carbocycles. The first-order valence-electron chi connectivity index (χ1n) is 8.48. The van der Waals surface area contributed by atoms with Gasteiger partial charge in [0.1, 0.15) is 6.04 Å². The lowest BCUT2D eigenvalue weighted by Crippen LogP contribution is -2.40. The van der Waals surface area contributed by atoms with Crippen LogP contribution in [0.4, 0.5) is 0 Å². The zero-order valence-electron chi connectivity index (χ0n) is 13.9. The van der Waals surface area contributed by atoms with E-state index >= 15 is 0 Å². The highest BCUT2D eigenvalue weighted by Gasteiger charge is 2.34. The van der Waals surface area contributed by atoms with Crippen molar-refractivity contribution in [1.29, 1.82) is 0 Å². The lowest BCUT2D eigenvalue weighted by Gasteiger charge is -2.22. The van der Waals surface area contributed by atoms with Gasteiger partial charge < -0.3 is 19.5 Å². The third kappa shape index (κ3) is 3.32. The van der Waals surface area contributed by atoms with E-state index in [0.29, 0.717) is 36.4 Å². The second-order valence-corrected chi connectivity index (χ2v) is 6.38. The maximum atomic E-state index is 12.7. The van der Waals surface area contributed by atoms with Gasteiger partial charge in [-0.15, -0.1) is 0 Å². The molecule has 0 aromatic heterocycles. The van der Waals surface area contributed by atoms with E-state index in [0.717, 1.165) is 25.7 Å². The summed E-state index contributed by atoms with van der Waals surface area (Å²) in [5.41, 5.74) is 0.442. The van der Waals surface area contributed by atoms with Crippen LogP contribution in [0.5, 0.6) is 11.5 Å².